The van der Waals surface area contributed by atoms with Gasteiger partial charge in [0.15, 0.2) is 0 Å². The Morgan fingerprint density at radius 1 is 1.29 bits per heavy atom. The number of nitrogens with one attached hydrogen (secondary N) is 1. The minimum atomic E-state index is 0.347. The first kappa shape index (κ1) is 10.7. The van der Waals surface area contributed by atoms with Gasteiger partial charge in [0.1, 0.15) is 0 Å². The number of benzene rings is 1. The third-order valence-electron chi connectivity index (χ3n) is 3.44. The molecule has 0 bridgehead atoms. The number of fused-ring (bicyclic) bond motifs is 1. The van der Waals surface area contributed by atoms with Gasteiger partial charge in [0.2, 0.25) is 0 Å². The largest absolute Gasteiger partial charge is 0.312 e. The molecule has 1 aromatic heterocycles. The van der Waals surface area contributed by atoms with E-state index in [1.54, 1.807) is 0 Å². The lowest BCUT2D eigenvalue weighted by Gasteiger charge is -2.15. The van der Waals surface area contributed by atoms with Crippen LogP contribution in [0.5, 0.6) is 0 Å². The van der Waals surface area contributed by atoms with Gasteiger partial charge in [0.25, 0.3) is 0 Å². The molecule has 1 aliphatic carbocycles. The van der Waals surface area contributed by atoms with Crippen molar-refractivity contribution in [1.29, 1.82) is 0 Å². The maximum atomic E-state index is 4.70. The first-order chi connectivity index (χ1) is 8.36. The van der Waals surface area contributed by atoms with Crippen LogP contribution in [0.15, 0.2) is 30.5 Å². The van der Waals surface area contributed by atoms with Crippen LogP contribution in [0.4, 0.5) is 0 Å². The Balaban J connectivity index is 1.92. The van der Waals surface area contributed by atoms with E-state index in [2.05, 4.69) is 10.3 Å². The van der Waals surface area contributed by atoms with Crippen molar-refractivity contribution in [3.8, 4) is 0 Å². The highest BCUT2D eigenvalue weighted by Crippen LogP contribution is 2.37. The van der Waals surface area contributed by atoms with Crippen LogP contribution in [0, 0.1) is 5.92 Å². The fourth-order valence-corrected chi connectivity index (χ4v) is 2.21. The van der Waals surface area contributed by atoms with Crippen LogP contribution < -0.4 is 5.32 Å². The molecule has 1 atom stereocenters. The van der Waals surface area contributed by atoms with E-state index < -0.39 is 0 Å². The van der Waals surface area contributed by atoms with Gasteiger partial charge in [-0.05, 0) is 31.5 Å². The van der Waals surface area contributed by atoms with E-state index in [1.807, 2.05) is 37.5 Å². The van der Waals surface area contributed by atoms with Crippen molar-refractivity contribution in [2.75, 3.05) is 7.05 Å². The number of hydrogen-bond donors (Lipinski definition) is 1. The van der Waals surface area contributed by atoms with E-state index in [4.69, 9.17) is 4.98 Å². The van der Waals surface area contributed by atoms with Gasteiger partial charge in [-0.1, -0.05) is 25.0 Å². The smallest absolute Gasteiger partial charge is 0.0890 e. The zero-order chi connectivity index (χ0) is 11.7. The summed E-state index contributed by atoms with van der Waals surface area (Å²) in [6.45, 7) is 0. The molecule has 17 heavy (non-hydrogen) atoms. The second-order valence-corrected chi connectivity index (χ2v) is 4.80. The SMILES string of the molecule is CNC(CC1CC1)c1cnc2ccccc2n1. The van der Waals surface area contributed by atoms with Crippen molar-refractivity contribution >= 4 is 11.0 Å². The molecule has 3 rings (SSSR count). The molecule has 1 aliphatic rings. The molecule has 1 fully saturated rings. The Morgan fingerprint density at radius 3 is 2.76 bits per heavy atom. The van der Waals surface area contributed by atoms with Gasteiger partial charge in [-0.15, -0.1) is 0 Å². The zero-order valence-corrected chi connectivity index (χ0v) is 10.1. The third kappa shape index (κ3) is 2.29. The summed E-state index contributed by atoms with van der Waals surface area (Å²) in [5.41, 5.74) is 3.02. The van der Waals surface area contributed by atoms with Crippen molar-refractivity contribution in [3.63, 3.8) is 0 Å². The molecule has 0 spiro atoms. The normalized spacial score (nSPS) is 17.2. The molecule has 88 valence electrons. The number of nitrogens with zero attached hydrogens (tertiary/aromatic N) is 2. The lowest BCUT2D eigenvalue weighted by molar-refractivity contribution is 0.503. The van der Waals surface area contributed by atoms with Crippen molar-refractivity contribution in [2.45, 2.75) is 25.3 Å². The van der Waals surface area contributed by atoms with Gasteiger partial charge < -0.3 is 5.32 Å². The summed E-state index contributed by atoms with van der Waals surface area (Å²) in [7, 11) is 2.00. The number of aromatic nitrogens is 2. The van der Waals surface area contributed by atoms with Gasteiger partial charge in [-0.25, -0.2) is 4.98 Å². The predicted octanol–water partition coefficient (Wildman–Crippen LogP) is 2.69. The Labute approximate surface area is 101 Å². The average molecular weight is 227 g/mol. The van der Waals surface area contributed by atoms with Crippen LogP contribution >= 0.6 is 0 Å². The van der Waals surface area contributed by atoms with E-state index in [-0.39, 0.29) is 0 Å². The summed E-state index contributed by atoms with van der Waals surface area (Å²) >= 11 is 0. The van der Waals surface area contributed by atoms with E-state index in [0.717, 1.165) is 22.6 Å². The van der Waals surface area contributed by atoms with Crippen LogP contribution in [0.1, 0.15) is 31.0 Å². The van der Waals surface area contributed by atoms with E-state index >= 15 is 0 Å². The summed E-state index contributed by atoms with van der Waals surface area (Å²) in [4.78, 5) is 9.18. The monoisotopic (exact) mass is 227 g/mol. The molecule has 1 unspecified atom stereocenters. The molecule has 2 aromatic rings. The molecule has 1 heterocycles. The minimum absolute atomic E-state index is 0.347. The lowest BCUT2D eigenvalue weighted by atomic mass is 10.1. The Kier molecular flexibility index (Phi) is 2.77. The molecule has 1 N–H and O–H groups in total. The fourth-order valence-electron chi connectivity index (χ4n) is 2.21. The van der Waals surface area contributed by atoms with E-state index in [0.29, 0.717) is 6.04 Å². The van der Waals surface area contributed by atoms with E-state index in [1.165, 1.54) is 19.3 Å². The van der Waals surface area contributed by atoms with Crippen molar-refractivity contribution in [3.05, 3.63) is 36.2 Å². The summed E-state index contributed by atoms with van der Waals surface area (Å²) in [6, 6.07) is 8.38. The van der Waals surface area contributed by atoms with Gasteiger partial charge >= 0.3 is 0 Å². The minimum Gasteiger partial charge on any atom is -0.312 e. The molecule has 1 aromatic carbocycles. The molecule has 3 heteroatoms. The Hall–Kier alpha value is -1.48. The number of hydrogen-bond acceptors (Lipinski definition) is 3. The highest BCUT2D eigenvalue weighted by Gasteiger charge is 2.26. The number of para-hydroxylation sites is 2. The maximum absolute atomic E-state index is 4.70. The second-order valence-electron chi connectivity index (χ2n) is 4.80. The number of rotatable bonds is 4. The van der Waals surface area contributed by atoms with Gasteiger partial charge in [-0.2, -0.15) is 0 Å². The first-order valence-corrected chi connectivity index (χ1v) is 6.26. The summed E-state index contributed by atoms with van der Waals surface area (Å²) in [5.74, 6) is 0.890. The molecule has 0 saturated heterocycles. The van der Waals surface area contributed by atoms with Gasteiger partial charge in [-0.3, -0.25) is 4.98 Å². The quantitative estimate of drug-likeness (QED) is 0.872. The lowest BCUT2D eigenvalue weighted by Crippen LogP contribution is -2.18. The molecule has 0 aliphatic heterocycles. The standard InChI is InChI=1S/C14H17N3/c1-15-13(8-10-6-7-10)14-9-16-11-4-2-3-5-12(11)17-14/h2-5,9-10,13,15H,6-8H2,1H3. The first-order valence-electron chi connectivity index (χ1n) is 6.26. The van der Waals surface area contributed by atoms with Crippen molar-refractivity contribution in [1.82, 2.24) is 15.3 Å². The van der Waals surface area contributed by atoms with Crippen LogP contribution in [-0.2, 0) is 0 Å². The zero-order valence-electron chi connectivity index (χ0n) is 10.1. The van der Waals surface area contributed by atoms with E-state index in [9.17, 15) is 0 Å². The molecule has 3 nitrogen and oxygen atoms in total. The van der Waals surface area contributed by atoms with Crippen LogP contribution in [0.25, 0.3) is 11.0 Å². The fraction of sp³-hybridized carbons (Fsp3) is 0.429. The molecule has 0 radical (unpaired) electrons. The molecular weight excluding hydrogens is 210 g/mol. The highest BCUT2D eigenvalue weighted by molar-refractivity contribution is 5.73. The molecule has 0 amide bonds. The van der Waals surface area contributed by atoms with Crippen molar-refractivity contribution in [2.24, 2.45) is 5.92 Å². The highest BCUT2D eigenvalue weighted by atomic mass is 14.9. The summed E-state index contributed by atoms with van der Waals surface area (Å²) in [6.07, 6.45) is 5.84. The average Bonchev–Trinajstić information content (AvgIpc) is 3.19. The topological polar surface area (TPSA) is 37.8 Å². The maximum Gasteiger partial charge on any atom is 0.0890 e. The van der Waals surface area contributed by atoms with Gasteiger partial charge in [0.05, 0.1) is 29.0 Å². The third-order valence-corrected chi connectivity index (χ3v) is 3.44. The second kappa shape index (κ2) is 4.41. The summed E-state index contributed by atoms with van der Waals surface area (Å²) in [5, 5.41) is 3.35. The van der Waals surface area contributed by atoms with Crippen LogP contribution in [0.2, 0.25) is 0 Å². The van der Waals surface area contributed by atoms with Crippen molar-refractivity contribution < 1.29 is 0 Å². The molecule has 1 saturated carbocycles. The Bertz CT molecular complexity index is 520. The van der Waals surface area contributed by atoms with Crippen LogP contribution in [0.3, 0.4) is 0 Å². The molecular formula is C14H17N3. The van der Waals surface area contributed by atoms with Gasteiger partial charge in [0, 0.05) is 0 Å². The predicted molar refractivity (Wildman–Crippen MR) is 68.7 cm³/mol. The summed E-state index contributed by atoms with van der Waals surface area (Å²) < 4.78 is 0. The Morgan fingerprint density at radius 2 is 2.06 bits per heavy atom. The van der Waals surface area contributed by atoms with Crippen LogP contribution in [-0.4, -0.2) is 17.0 Å².